The Balaban J connectivity index is 1.53. The number of amides is 3. The maximum Gasteiger partial charge on any atom is 0.407 e. The number of alkyl carbamates (subject to hydrolysis) is 1. The number of thiazole rings is 1. The summed E-state index contributed by atoms with van der Waals surface area (Å²) in [6.45, 7) is 6.85. The third kappa shape index (κ3) is 5.91. The number of methoxy groups -OCH3 is 1. The molecule has 0 spiro atoms. The van der Waals surface area contributed by atoms with E-state index in [2.05, 4.69) is 15.6 Å². The number of ether oxygens (including phenoxy) is 2. The molecule has 0 bridgehead atoms. The van der Waals surface area contributed by atoms with E-state index in [1.54, 1.807) is 12.0 Å². The molecule has 0 unspecified atom stereocenters. The van der Waals surface area contributed by atoms with Gasteiger partial charge in [-0.1, -0.05) is 0 Å². The molecule has 166 valence electrons. The summed E-state index contributed by atoms with van der Waals surface area (Å²) in [6.07, 6.45) is 1.96. The van der Waals surface area contributed by atoms with E-state index in [0.717, 1.165) is 23.4 Å². The van der Waals surface area contributed by atoms with Gasteiger partial charge >= 0.3 is 6.09 Å². The standard InChI is InChI=1S/C20H30N4O5S/c1-20(2,3)29-19(27)21-13-5-6-14-15(10-13)30-18(22-14)23-17(26)12-9-16(25)24(11-12)7-8-28-4/h12-13H,5-11H2,1-4H3,(H,21,27)(H,22,23,26)/t12-,13-/m0/s1. The maximum absolute atomic E-state index is 12.6. The molecule has 3 rings (SSSR count). The third-order valence-corrected chi connectivity index (χ3v) is 6.08. The van der Waals surface area contributed by atoms with Crippen LogP contribution in [0.4, 0.5) is 9.93 Å². The van der Waals surface area contributed by atoms with Gasteiger partial charge in [0.25, 0.3) is 0 Å². The van der Waals surface area contributed by atoms with Gasteiger partial charge in [-0.05, 0) is 33.6 Å². The Morgan fingerprint density at radius 2 is 2.07 bits per heavy atom. The van der Waals surface area contributed by atoms with E-state index >= 15 is 0 Å². The van der Waals surface area contributed by atoms with Gasteiger partial charge in [-0.2, -0.15) is 0 Å². The zero-order chi connectivity index (χ0) is 21.9. The number of likely N-dealkylation sites (tertiary alicyclic amines) is 1. The second-order valence-corrected chi connectivity index (χ2v) is 9.78. The molecule has 0 aromatic carbocycles. The lowest BCUT2D eigenvalue weighted by Crippen LogP contribution is -2.41. The van der Waals surface area contributed by atoms with Crippen molar-refractivity contribution in [2.75, 3.05) is 32.1 Å². The topological polar surface area (TPSA) is 110 Å². The van der Waals surface area contributed by atoms with E-state index in [1.807, 2.05) is 20.8 Å². The van der Waals surface area contributed by atoms with Gasteiger partial charge in [-0.3, -0.25) is 9.59 Å². The number of hydrogen-bond donors (Lipinski definition) is 2. The number of rotatable bonds is 6. The highest BCUT2D eigenvalue weighted by Crippen LogP contribution is 2.31. The lowest BCUT2D eigenvalue weighted by molar-refractivity contribution is -0.128. The molecular formula is C20H30N4O5S. The molecule has 1 fully saturated rings. The quantitative estimate of drug-likeness (QED) is 0.703. The smallest absolute Gasteiger partial charge is 0.407 e. The van der Waals surface area contributed by atoms with Crippen molar-refractivity contribution in [2.24, 2.45) is 5.92 Å². The zero-order valence-corrected chi connectivity index (χ0v) is 18.8. The van der Waals surface area contributed by atoms with Crippen molar-refractivity contribution in [1.82, 2.24) is 15.2 Å². The monoisotopic (exact) mass is 438 g/mol. The second kappa shape index (κ2) is 9.30. The summed E-state index contributed by atoms with van der Waals surface area (Å²) < 4.78 is 10.3. The van der Waals surface area contributed by atoms with Crippen LogP contribution in [-0.4, -0.2) is 66.2 Å². The van der Waals surface area contributed by atoms with Crippen LogP contribution in [0.5, 0.6) is 0 Å². The number of hydrogen-bond acceptors (Lipinski definition) is 7. The highest BCUT2D eigenvalue weighted by Gasteiger charge is 2.34. The second-order valence-electron chi connectivity index (χ2n) is 8.70. The number of aromatic nitrogens is 1. The summed E-state index contributed by atoms with van der Waals surface area (Å²) in [6, 6.07) is -0.0156. The molecule has 3 amide bonds. The Labute approximate surface area is 180 Å². The van der Waals surface area contributed by atoms with E-state index in [9.17, 15) is 14.4 Å². The molecule has 1 aromatic heterocycles. The molecule has 1 aliphatic carbocycles. The average molecular weight is 439 g/mol. The summed E-state index contributed by atoms with van der Waals surface area (Å²) in [5, 5.41) is 6.33. The molecular weight excluding hydrogens is 408 g/mol. The maximum atomic E-state index is 12.6. The molecule has 2 heterocycles. The molecule has 2 N–H and O–H groups in total. The summed E-state index contributed by atoms with van der Waals surface area (Å²) in [5.41, 5.74) is 0.425. The van der Waals surface area contributed by atoms with Gasteiger partial charge in [-0.15, -0.1) is 11.3 Å². The molecule has 1 aromatic rings. The molecule has 0 saturated carbocycles. The Bertz CT molecular complexity index is 804. The molecule has 1 aliphatic heterocycles. The van der Waals surface area contributed by atoms with Gasteiger partial charge in [0.1, 0.15) is 5.60 Å². The SMILES string of the molecule is COCCN1C[C@@H](C(=O)Nc2nc3c(s2)C[C@@H](NC(=O)OC(C)(C)C)CC3)CC1=O. The molecule has 30 heavy (non-hydrogen) atoms. The Hall–Kier alpha value is -2.20. The minimum absolute atomic E-state index is 0.0156. The first-order valence-corrected chi connectivity index (χ1v) is 11.0. The molecule has 1 saturated heterocycles. The predicted molar refractivity (Wildman–Crippen MR) is 112 cm³/mol. The van der Waals surface area contributed by atoms with Gasteiger partial charge in [-0.25, -0.2) is 9.78 Å². The number of nitrogens with one attached hydrogen (secondary N) is 2. The highest BCUT2D eigenvalue weighted by atomic mass is 32.1. The summed E-state index contributed by atoms with van der Waals surface area (Å²) in [5.74, 6) is -0.587. The average Bonchev–Trinajstić information content (AvgIpc) is 3.20. The molecule has 0 radical (unpaired) electrons. The highest BCUT2D eigenvalue weighted by molar-refractivity contribution is 7.15. The Kier molecular flexibility index (Phi) is 6.97. The van der Waals surface area contributed by atoms with Crippen molar-refractivity contribution in [3.05, 3.63) is 10.6 Å². The largest absolute Gasteiger partial charge is 0.444 e. The van der Waals surface area contributed by atoms with Crippen molar-refractivity contribution in [2.45, 2.75) is 58.1 Å². The van der Waals surface area contributed by atoms with Gasteiger partial charge in [0.15, 0.2) is 5.13 Å². The fraction of sp³-hybridized carbons (Fsp3) is 0.700. The van der Waals surface area contributed by atoms with E-state index in [-0.39, 0.29) is 30.2 Å². The van der Waals surface area contributed by atoms with Crippen LogP contribution in [0.1, 0.15) is 44.2 Å². The number of aryl methyl sites for hydroxylation is 1. The minimum Gasteiger partial charge on any atom is -0.444 e. The summed E-state index contributed by atoms with van der Waals surface area (Å²) in [7, 11) is 1.59. The number of anilines is 1. The molecule has 9 nitrogen and oxygen atoms in total. The van der Waals surface area contributed by atoms with Crippen molar-refractivity contribution in [1.29, 1.82) is 0 Å². The normalized spacial score (nSPS) is 21.3. The fourth-order valence-electron chi connectivity index (χ4n) is 3.60. The molecule has 2 aliphatic rings. The van der Waals surface area contributed by atoms with Crippen LogP contribution in [0.15, 0.2) is 0 Å². The van der Waals surface area contributed by atoms with E-state index in [0.29, 0.717) is 31.2 Å². The molecule has 2 atom stereocenters. The van der Waals surface area contributed by atoms with Crippen LogP contribution in [0, 0.1) is 5.92 Å². The van der Waals surface area contributed by atoms with Gasteiger partial charge in [0.2, 0.25) is 11.8 Å². The predicted octanol–water partition coefficient (Wildman–Crippen LogP) is 1.96. The zero-order valence-electron chi connectivity index (χ0n) is 17.9. The summed E-state index contributed by atoms with van der Waals surface area (Å²) in [4.78, 5) is 43.9. The van der Waals surface area contributed by atoms with Crippen LogP contribution in [0.3, 0.4) is 0 Å². The van der Waals surface area contributed by atoms with E-state index in [1.165, 1.54) is 11.3 Å². The fourth-order valence-corrected chi connectivity index (χ4v) is 4.69. The van der Waals surface area contributed by atoms with Gasteiger partial charge < -0.3 is 25.0 Å². The first-order valence-electron chi connectivity index (χ1n) is 10.2. The van der Waals surface area contributed by atoms with Crippen molar-refractivity contribution < 1.29 is 23.9 Å². The van der Waals surface area contributed by atoms with Crippen LogP contribution >= 0.6 is 11.3 Å². The van der Waals surface area contributed by atoms with Crippen LogP contribution in [0.25, 0.3) is 0 Å². The van der Waals surface area contributed by atoms with Gasteiger partial charge in [0.05, 0.1) is 18.2 Å². The Morgan fingerprint density at radius 1 is 1.30 bits per heavy atom. The van der Waals surface area contributed by atoms with E-state index in [4.69, 9.17) is 9.47 Å². The van der Waals surface area contributed by atoms with Crippen molar-refractivity contribution in [3.8, 4) is 0 Å². The molecule has 10 heteroatoms. The lowest BCUT2D eigenvalue weighted by atomic mass is 9.98. The van der Waals surface area contributed by atoms with Crippen LogP contribution < -0.4 is 10.6 Å². The first-order chi connectivity index (χ1) is 14.1. The van der Waals surface area contributed by atoms with Crippen LogP contribution in [0.2, 0.25) is 0 Å². The number of fused-ring (bicyclic) bond motifs is 1. The van der Waals surface area contributed by atoms with Crippen molar-refractivity contribution in [3.63, 3.8) is 0 Å². The summed E-state index contributed by atoms with van der Waals surface area (Å²) >= 11 is 1.43. The number of carbonyl (C=O) groups is 3. The Morgan fingerprint density at radius 3 is 2.77 bits per heavy atom. The van der Waals surface area contributed by atoms with Gasteiger partial charge in [0, 0.05) is 44.0 Å². The van der Waals surface area contributed by atoms with Crippen molar-refractivity contribution >= 4 is 34.4 Å². The minimum atomic E-state index is -0.535. The van der Waals surface area contributed by atoms with E-state index < -0.39 is 11.7 Å². The third-order valence-electron chi connectivity index (χ3n) is 5.04. The van der Waals surface area contributed by atoms with Crippen LogP contribution in [-0.2, 0) is 31.9 Å². The first kappa shape index (κ1) is 22.5. The lowest BCUT2D eigenvalue weighted by Gasteiger charge is -2.25. The number of carbonyl (C=O) groups excluding carboxylic acids is 3. The number of nitrogens with zero attached hydrogens (tertiary/aromatic N) is 2.